The lowest BCUT2D eigenvalue weighted by Gasteiger charge is -2.19. The first-order chi connectivity index (χ1) is 6.99. The summed E-state index contributed by atoms with van der Waals surface area (Å²) in [6.07, 6.45) is 0.738. The van der Waals surface area contributed by atoms with Crippen molar-refractivity contribution in [1.29, 1.82) is 0 Å². The number of amides is 2. The van der Waals surface area contributed by atoms with Crippen molar-refractivity contribution in [1.82, 2.24) is 10.6 Å². The lowest BCUT2D eigenvalue weighted by atomic mass is 10.0. The van der Waals surface area contributed by atoms with Gasteiger partial charge >= 0.3 is 6.09 Å². The first-order valence-electron chi connectivity index (χ1n) is 5.26. The molecule has 0 aliphatic heterocycles. The van der Waals surface area contributed by atoms with Crippen LogP contribution in [-0.2, 0) is 4.79 Å². The summed E-state index contributed by atoms with van der Waals surface area (Å²) in [6, 6.07) is -0.667. The molecule has 15 heavy (non-hydrogen) atoms. The molecule has 0 fully saturated rings. The normalized spacial score (nSPS) is 12.3. The van der Waals surface area contributed by atoms with Crippen molar-refractivity contribution in [2.75, 3.05) is 6.54 Å². The van der Waals surface area contributed by atoms with Gasteiger partial charge in [-0.25, -0.2) is 4.79 Å². The van der Waals surface area contributed by atoms with Crippen LogP contribution in [0.2, 0.25) is 0 Å². The second-order valence-corrected chi connectivity index (χ2v) is 3.82. The van der Waals surface area contributed by atoms with Crippen LogP contribution in [0.1, 0.15) is 33.6 Å². The highest BCUT2D eigenvalue weighted by Crippen LogP contribution is 2.01. The molecule has 5 heteroatoms. The molecule has 1 atom stereocenters. The molecule has 0 aromatic heterocycles. The summed E-state index contributed by atoms with van der Waals surface area (Å²) >= 11 is 0. The topological polar surface area (TPSA) is 78.4 Å². The van der Waals surface area contributed by atoms with E-state index in [9.17, 15) is 9.59 Å². The van der Waals surface area contributed by atoms with Gasteiger partial charge in [-0.05, 0) is 12.3 Å². The van der Waals surface area contributed by atoms with Crippen molar-refractivity contribution in [2.24, 2.45) is 5.92 Å². The van der Waals surface area contributed by atoms with E-state index in [0.29, 0.717) is 6.54 Å². The van der Waals surface area contributed by atoms with E-state index in [-0.39, 0.29) is 11.8 Å². The summed E-state index contributed by atoms with van der Waals surface area (Å²) in [5.41, 5.74) is 0. The highest BCUT2D eigenvalue weighted by atomic mass is 16.4. The lowest BCUT2D eigenvalue weighted by Crippen LogP contribution is -2.49. The van der Waals surface area contributed by atoms with Crippen molar-refractivity contribution >= 4 is 12.0 Å². The van der Waals surface area contributed by atoms with Crippen molar-refractivity contribution in [3.05, 3.63) is 0 Å². The van der Waals surface area contributed by atoms with Gasteiger partial charge in [-0.1, -0.05) is 27.2 Å². The highest BCUT2D eigenvalue weighted by molar-refractivity contribution is 5.85. The largest absolute Gasteiger partial charge is 0.465 e. The number of hydrogen-bond donors (Lipinski definition) is 3. The number of hydrogen-bond acceptors (Lipinski definition) is 2. The van der Waals surface area contributed by atoms with Gasteiger partial charge < -0.3 is 15.7 Å². The highest BCUT2D eigenvalue weighted by Gasteiger charge is 2.23. The van der Waals surface area contributed by atoms with E-state index in [1.807, 2.05) is 6.92 Å². The summed E-state index contributed by atoms with van der Waals surface area (Å²) < 4.78 is 0. The minimum atomic E-state index is -1.17. The molecule has 0 unspecified atom stereocenters. The molecule has 88 valence electrons. The Morgan fingerprint density at radius 1 is 1.33 bits per heavy atom. The predicted octanol–water partition coefficient (Wildman–Crippen LogP) is 1.19. The van der Waals surface area contributed by atoms with E-state index in [1.54, 1.807) is 13.8 Å². The Bertz CT molecular complexity index is 217. The zero-order chi connectivity index (χ0) is 11.8. The Morgan fingerprint density at radius 2 is 1.93 bits per heavy atom. The molecule has 0 aromatic rings. The van der Waals surface area contributed by atoms with E-state index in [2.05, 4.69) is 10.6 Å². The van der Waals surface area contributed by atoms with Gasteiger partial charge in [0.1, 0.15) is 6.04 Å². The van der Waals surface area contributed by atoms with E-state index in [4.69, 9.17) is 5.11 Å². The van der Waals surface area contributed by atoms with Crippen LogP contribution in [0, 0.1) is 5.92 Å². The van der Waals surface area contributed by atoms with Crippen molar-refractivity contribution < 1.29 is 14.7 Å². The van der Waals surface area contributed by atoms with Crippen molar-refractivity contribution in [3.63, 3.8) is 0 Å². The van der Waals surface area contributed by atoms with Gasteiger partial charge in [-0.15, -0.1) is 0 Å². The van der Waals surface area contributed by atoms with E-state index in [0.717, 1.165) is 12.8 Å². The molecule has 0 bridgehead atoms. The van der Waals surface area contributed by atoms with Crippen molar-refractivity contribution in [2.45, 2.75) is 39.7 Å². The fraction of sp³-hybridized carbons (Fsp3) is 0.800. The number of carboxylic acid groups (broad SMARTS) is 1. The van der Waals surface area contributed by atoms with Crippen LogP contribution in [0.4, 0.5) is 4.79 Å². The van der Waals surface area contributed by atoms with Gasteiger partial charge in [0.2, 0.25) is 5.91 Å². The maximum absolute atomic E-state index is 11.6. The van der Waals surface area contributed by atoms with Gasteiger partial charge in [0.05, 0.1) is 0 Å². The summed E-state index contributed by atoms with van der Waals surface area (Å²) in [5, 5.41) is 13.5. The maximum atomic E-state index is 11.6. The monoisotopic (exact) mass is 216 g/mol. The number of carbonyl (C=O) groups excluding carboxylic acids is 1. The molecule has 0 aliphatic carbocycles. The van der Waals surface area contributed by atoms with Gasteiger partial charge in [-0.3, -0.25) is 4.79 Å². The van der Waals surface area contributed by atoms with Gasteiger partial charge in [0.15, 0.2) is 0 Å². The Balaban J connectivity index is 4.11. The molecule has 0 spiro atoms. The van der Waals surface area contributed by atoms with Crippen LogP contribution in [0.25, 0.3) is 0 Å². The van der Waals surface area contributed by atoms with Crippen LogP contribution in [0.5, 0.6) is 0 Å². The van der Waals surface area contributed by atoms with E-state index < -0.39 is 12.1 Å². The number of unbranched alkanes of at least 4 members (excludes halogenated alkanes) is 1. The molecule has 5 nitrogen and oxygen atoms in total. The summed E-state index contributed by atoms with van der Waals surface area (Å²) in [5.74, 6) is -0.302. The summed E-state index contributed by atoms with van der Waals surface area (Å²) in [4.78, 5) is 22.0. The predicted molar refractivity (Wildman–Crippen MR) is 57.7 cm³/mol. The zero-order valence-corrected chi connectivity index (χ0v) is 9.54. The molecule has 0 aliphatic rings. The quantitative estimate of drug-likeness (QED) is 0.584. The third kappa shape index (κ3) is 5.93. The van der Waals surface area contributed by atoms with Crippen LogP contribution < -0.4 is 10.6 Å². The SMILES string of the molecule is CCCCNC(=O)[C@@H](NC(=O)O)C(C)C. The Labute approximate surface area is 90.2 Å². The van der Waals surface area contributed by atoms with Crippen LogP contribution >= 0.6 is 0 Å². The first-order valence-corrected chi connectivity index (χ1v) is 5.26. The average molecular weight is 216 g/mol. The van der Waals surface area contributed by atoms with E-state index >= 15 is 0 Å². The molecule has 0 heterocycles. The fourth-order valence-electron chi connectivity index (χ4n) is 1.17. The summed E-state index contributed by atoms with van der Waals surface area (Å²) in [7, 11) is 0. The molecule has 0 saturated heterocycles. The minimum Gasteiger partial charge on any atom is -0.465 e. The summed E-state index contributed by atoms with van der Waals surface area (Å²) in [6.45, 7) is 6.24. The van der Waals surface area contributed by atoms with Gasteiger partial charge in [0.25, 0.3) is 0 Å². The van der Waals surface area contributed by atoms with Crippen LogP contribution in [0.15, 0.2) is 0 Å². The number of nitrogens with one attached hydrogen (secondary N) is 2. The van der Waals surface area contributed by atoms with Crippen LogP contribution in [0.3, 0.4) is 0 Å². The second-order valence-electron chi connectivity index (χ2n) is 3.82. The molecular formula is C10H20N2O3. The van der Waals surface area contributed by atoms with Gasteiger partial charge in [-0.2, -0.15) is 0 Å². The molecule has 0 aromatic carbocycles. The number of carbonyl (C=O) groups is 2. The first kappa shape index (κ1) is 13.7. The van der Waals surface area contributed by atoms with Crippen LogP contribution in [-0.4, -0.2) is 29.7 Å². The zero-order valence-electron chi connectivity index (χ0n) is 9.54. The molecule has 0 radical (unpaired) electrons. The smallest absolute Gasteiger partial charge is 0.405 e. The molecule has 3 N–H and O–H groups in total. The average Bonchev–Trinajstić information content (AvgIpc) is 2.13. The maximum Gasteiger partial charge on any atom is 0.405 e. The van der Waals surface area contributed by atoms with E-state index in [1.165, 1.54) is 0 Å². The second kappa shape index (κ2) is 7.09. The third-order valence-electron chi connectivity index (χ3n) is 2.06. The standard InChI is InChI=1S/C10H20N2O3/c1-4-5-6-11-9(13)8(7(2)3)12-10(14)15/h7-8,12H,4-6H2,1-3H3,(H,11,13)(H,14,15)/t8-/m0/s1. The Hall–Kier alpha value is -1.26. The Kier molecular flexibility index (Phi) is 6.49. The fourth-order valence-corrected chi connectivity index (χ4v) is 1.17. The number of rotatable bonds is 6. The van der Waals surface area contributed by atoms with Crippen molar-refractivity contribution in [3.8, 4) is 0 Å². The molecular weight excluding hydrogens is 196 g/mol. The molecule has 0 saturated carbocycles. The molecule has 0 rings (SSSR count). The third-order valence-corrected chi connectivity index (χ3v) is 2.06. The lowest BCUT2D eigenvalue weighted by molar-refractivity contribution is -0.124. The Morgan fingerprint density at radius 3 is 2.33 bits per heavy atom. The molecule has 2 amide bonds. The van der Waals surface area contributed by atoms with Gasteiger partial charge in [0, 0.05) is 6.54 Å². The minimum absolute atomic E-state index is 0.0530.